The number of nitrogens with zero attached hydrogens (tertiary/aromatic N) is 1. The smallest absolute Gasteiger partial charge is 0.208 e. The lowest BCUT2D eigenvalue weighted by molar-refractivity contribution is 0.430. The molecule has 0 atom stereocenters. The Balaban J connectivity index is 2.84. The maximum Gasteiger partial charge on any atom is 0.235 e. The van der Waals surface area contributed by atoms with Gasteiger partial charge < -0.3 is 0 Å². The summed E-state index contributed by atoms with van der Waals surface area (Å²) in [6.45, 7) is 5.96. The number of benzene rings is 1. The molecule has 0 N–H and O–H groups in total. The minimum Gasteiger partial charge on any atom is -0.208 e. The third-order valence-corrected chi connectivity index (χ3v) is 3.65. The number of sulfonamides is 1. The molecule has 15 heavy (non-hydrogen) atoms. The summed E-state index contributed by atoms with van der Waals surface area (Å²) >= 11 is 0. The third-order valence-electron chi connectivity index (χ3n) is 2.12. The van der Waals surface area contributed by atoms with Crippen LogP contribution >= 0.6 is 0 Å². The highest BCUT2D eigenvalue weighted by Gasteiger charge is 2.16. The molecule has 0 bridgehead atoms. The first-order valence-electron chi connectivity index (χ1n) is 4.76. The molecule has 4 heteroatoms. The lowest BCUT2D eigenvalue weighted by atomic mass is 10.2. The monoisotopic (exact) mass is 225 g/mol. The molecule has 0 spiro atoms. The second-order valence-corrected chi connectivity index (χ2v) is 5.00. The standard InChI is InChI=1S/C11H15NO2S/c1-3-12(15(13,14)4-2)10-11-8-6-5-7-9-11/h4-9H,2-3,10H2,1H3. The Bertz CT molecular complexity index is 411. The predicted octanol–water partition coefficient (Wildman–Crippen LogP) is 1.98. The van der Waals surface area contributed by atoms with Crippen LogP contribution in [0.25, 0.3) is 0 Å². The second kappa shape index (κ2) is 5.09. The molecule has 0 saturated heterocycles. The molecular weight excluding hydrogens is 210 g/mol. The SMILES string of the molecule is C=CS(=O)(=O)N(CC)Cc1ccccc1. The lowest BCUT2D eigenvalue weighted by Crippen LogP contribution is -2.28. The van der Waals surface area contributed by atoms with E-state index in [9.17, 15) is 8.42 Å². The molecule has 0 heterocycles. The maximum atomic E-state index is 11.5. The molecule has 3 nitrogen and oxygen atoms in total. The minimum atomic E-state index is -3.31. The van der Waals surface area contributed by atoms with Gasteiger partial charge in [0.05, 0.1) is 0 Å². The van der Waals surface area contributed by atoms with Crippen molar-refractivity contribution < 1.29 is 8.42 Å². The van der Waals surface area contributed by atoms with Crippen molar-refractivity contribution in [1.29, 1.82) is 0 Å². The van der Waals surface area contributed by atoms with Crippen LogP contribution in [0.1, 0.15) is 12.5 Å². The van der Waals surface area contributed by atoms with Crippen molar-refractivity contribution in [3.8, 4) is 0 Å². The van der Waals surface area contributed by atoms with Crippen molar-refractivity contribution in [1.82, 2.24) is 4.31 Å². The molecular formula is C11H15NO2S. The first-order chi connectivity index (χ1) is 7.10. The Labute approximate surface area is 91.1 Å². The number of rotatable bonds is 5. The van der Waals surface area contributed by atoms with Crippen molar-refractivity contribution >= 4 is 10.0 Å². The van der Waals surface area contributed by atoms with E-state index in [4.69, 9.17) is 0 Å². The van der Waals surface area contributed by atoms with E-state index in [-0.39, 0.29) is 0 Å². The van der Waals surface area contributed by atoms with Gasteiger partial charge >= 0.3 is 0 Å². The van der Waals surface area contributed by atoms with Crippen LogP contribution in [-0.2, 0) is 16.6 Å². The summed E-state index contributed by atoms with van der Waals surface area (Å²) in [7, 11) is -3.31. The average molecular weight is 225 g/mol. The van der Waals surface area contributed by atoms with Gasteiger partial charge in [0.1, 0.15) is 0 Å². The van der Waals surface area contributed by atoms with Crippen molar-refractivity contribution in [2.45, 2.75) is 13.5 Å². The van der Waals surface area contributed by atoms with Crippen molar-refractivity contribution in [2.24, 2.45) is 0 Å². The van der Waals surface area contributed by atoms with Crippen LogP contribution in [0.5, 0.6) is 0 Å². The van der Waals surface area contributed by atoms with Crippen LogP contribution in [0.2, 0.25) is 0 Å². The largest absolute Gasteiger partial charge is 0.235 e. The topological polar surface area (TPSA) is 37.4 Å². The molecule has 0 unspecified atom stereocenters. The highest BCUT2D eigenvalue weighted by atomic mass is 32.2. The maximum absolute atomic E-state index is 11.5. The molecule has 82 valence electrons. The Hall–Kier alpha value is -1.13. The van der Waals surface area contributed by atoms with Crippen LogP contribution in [0.3, 0.4) is 0 Å². The summed E-state index contributed by atoms with van der Waals surface area (Å²) in [5.74, 6) is 0. The summed E-state index contributed by atoms with van der Waals surface area (Å²) in [6.07, 6.45) is 0. The van der Waals surface area contributed by atoms with Crippen LogP contribution in [0.4, 0.5) is 0 Å². The first kappa shape index (κ1) is 11.9. The quantitative estimate of drug-likeness (QED) is 0.768. The van der Waals surface area contributed by atoms with Gasteiger partial charge in [-0.15, -0.1) is 0 Å². The Kier molecular flexibility index (Phi) is 4.05. The van der Waals surface area contributed by atoms with E-state index < -0.39 is 10.0 Å². The van der Waals surface area contributed by atoms with Gasteiger partial charge in [0, 0.05) is 18.5 Å². The molecule has 0 aliphatic heterocycles. The Morgan fingerprint density at radius 1 is 1.33 bits per heavy atom. The van der Waals surface area contributed by atoms with Gasteiger partial charge in [-0.05, 0) is 5.56 Å². The van der Waals surface area contributed by atoms with Gasteiger partial charge in [0.2, 0.25) is 10.0 Å². The van der Waals surface area contributed by atoms with Crippen LogP contribution in [0, 0.1) is 0 Å². The van der Waals surface area contributed by atoms with Crippen LogP contribution < -0.4 is 0 Å². The molecule has 0 fully saturated rings. The van der Waals surface area contributed by atoms with Gasteiger partial charge in [-0.1, -0.05) is 43.8 Å². The Morgan fingerprint density at radius 3 is 2.40 bits per heavy atom. The zero-order valence-corrected chi connectivity index (χ0v) is 9.57. The highest BCUT2D eigenvalue weighted by Crippen LogP contribution is 2.09. The van der Waals surface area contributed by atoms with E-state index in [1.165, 1.54) is 4.31 Å². The van der Waals surface area contributed by atoms with Crippen molar-refractivity contribution in [3.05, 3.63) is 47.9 Å². The van der Waals surface area contributed by atoms with Crippen molar-refractivity contribution in [2.75, 3.05) is 6.54 Å². The van der Waals surface area contributed by atoms with Crippen LogP contribution in [0.15, 0.2) is 42.3 Å². The van der Waals surface area contributed by atoms with E-state index in [0.717, 1.165) is 11.0 Å². The summed E-state index contributed by atoms with van der Waals surface area (Å²) < 4.78 is 24.5. The normalized spacial score (nSPS) is 11.6. The first-order valence-corrected chi connectivity index (χ1v) is 6.27. The van der Waals surface area contributed by atoms with Gasteiger partial charge in [-0.3, -0.25) is 0 Å². The molecule has 0 aliphatic carbocycles. The van der Waals surface area contributed by atoms with Gasteiger partial charge in [0.15, 0.2) is 0 Å². The Morgan fingerprint density at radius 2 is 1.93 bits per heavy atom. The van der Waals surface area contributed by atoms with Gasteiger partial charge in [0.25, 0.3) is 0 Å². The molecule has 0 amide bonds. The van der Waals surface area contributed by atoms with E-state index in [2.05, 4.69) is 6.58 Å². The minimum absolute atomic E-state index is 0.395. The van der Waals surface area contributed by atoms with E-state index in [1.807, 2.05) is 37.3 Å². The molecule has 1 aromatic rings. The predicted molar refractivity (Wildman–Crippen MR) is 61.6 cm³/mol. The zero-order valence-electron chi connectivity index (χ0n) is 8.76. The zero-order chi connectivity index (χ0) is 11.3. The van der Waals surface area contributed by atoms with E-state index in [0.29, 0.717) is 13.1 Å². The van der Waals surface area contributed by atoms with Crippen LogP contribution in [-0.4, -0.2) is 19.3 Å². The molecule has 0 saturated carbocycles. The molecule has 0 radical (unpaired) electrons. The summed E-state index contributed by atoms with van der Waals surface area (Å²) in [5.41, 5.74) is 0.977. The number of hydrogen-bond donors (Lipinski definition) is 0. The summed E-state index contributed by atoms with van der Waals surface area (Å²) in [4.78, 5) is 0. The van der Waals surface area contributed by atoms with Gasteiger partial charge in [-0.2, -0.15) is 4.31 Å². The molecule has 0 aromatic heterocycles. The van der Waals surface area contributed by atoms with Crippen molar-refractivity contribution in [3.63, 3.8) is 0 Å². The van der Waals surface area contributed by atoms with E-state index >= 15 is 0 Å². The fourth-order valence-electron chi connectivity index (χ4n) is 1.27. The van der Waals surface area contributed by atoms with E-state index in [1.54, 1.807) is 0 Å². The average Bonchev–Trinajstić information content (AvgIpc) is 2.27. The number of hydrogen-bond acceptors (Lipinski definition) is 2. The lowest BCUT2D eigenvalue weighted by Gasteiger charge is -2.17. The fourth-order valence-corrected chi connectivity index (χ4v) is 2.17. The van der Waals surface area contributed by atoms with Gasteiger partial charge in [-0.25, -0.2) is 8.42 Å². The highest BCUT2D eigenvalue weighted by molar-refractivity contribution is 7.91. The summed E-state index contributed by atoms with van der Waals surface area (Å²) in [6, 6.07) is 9.50. The third kappa shape index (κ3) is 3.18. The molecule has 1 rings (SSSR count). The fraction of sp³-hybridized carbons (Fsp3) is 0.273. The second-order valence-electron chi connectivity index (χ2n) is 3.12. The summed E-state index contributed by atoms with van der Waals surface area (Å²) in [5, 5.41) is 0.986. The molecule has 0 aliphatic rings. The molecule has 1 aromatic carbocycles.